The zero-order chi connectivity index (χ0) is 18.8. The van der Waals surface area contributed by atoms with E-state index in [0.29, 0.717) is 6.54 Å². The van der Waals surface area contributed by atoms with E-state index in [-0.39, 0.29) is 5.75 Å². The maximum Gasteiger partial charge on any atom is 0.215 e. The van der Waals surface area contributed by atoms with Crippen molar-refractivity contribution in [2.75, 3.05) is 20.6 Å². The van der Waals surface area contributed by atoms with E-state index in [4.69, 9.17) is 0 Å². The van der Waals surface area contributed by atoms with Crippen LogP contribution in [0.1, 0.15) is 16.7 Å². The predicted molar refractivity (Wildman–Crippen MR) is 106 cm³/mol. The molecule has 26 heavy (non-hydrogen) atoms. The molecule has 0 unspecified atom stereocenters. The molecular formula is C19H26N4O2S. The van der Waals surface area contributed by atoms with Crippen LogP contribution in [0.15, 0.2) is 59.6 Å². The van der Waals surface area contributed by atoms with E-state index in [1.54, 1.807) is 7.05 Å². The maximum absolute atomic E-state index is 11.6. The second-order valence-electron chi connectivity index (χ2n) is 5.87. The number of guanidine groups is 1. The summed E-state index contributed by atoms with van der Waals surface area (Å²) in [6, 6.07) is 17.8. The van der Waals surface area contributed by atoms with Crippen molar-refractivity contribution in [1.29, 1.82) is 0 Å². The number of rotatable bonds is 8. The van der Waals surface area contributed by atoms with Gasteiger partial charge in [0.25, 0.3) is 0 Å². The molecule has 2 aromatic carbocycles. The van der Waals surface area contributed by atoms with Crippen LogP contribution in [0.4, 0.5) is 0 Å². The Kier molecular flexibility index (Phi) is 7.62. The highest BCUT2D eigenvalue weighted by atomic mass is 32.2. The van der Waals surface area contributed by atoms with Gasteiger partial charge in [0.15, 0.2) is 5.96 Å². The lowest BCUT2D eigenvalue weighted by Gasteiger charge is -2.12. The minimum Gasteiger partial charge on any atom is -0.356 e. The Morgan fingerprint density at radius 1 is 0.923 bits per heavy atom. The average molecular weight is 375 g/mol. The lowest BCUT2D eigenvalue weighted by Crippen LogP contribution is -2.37. The zero-order valence-electron chi connectivity index (χ0n) is 15.2. The molecule has 7 heteroatoms. The van der Waals surface area contributed by atoms with Crippen LogP contribution in [0, 0.1) is 0 Å². The summed E-state index contributed by atoms with van der Waals surface area (Å²) >= 11 is 0. The van der Waals surface area contributed by atoms with Crippen LogP contribution in [0.25, 0.3) is 0 Å². The third kappa shape index (κ3) is 6.85. The van der Waals surface area contributed by atoms with Crippen molar-refractivity contribution in [3.8, 4) is 0 Å². The Morgan fingerprint density at radius 3 is 2.19 bits per heavy atom. The number of aliphatic imine (C=N–C) groups is 1. The molecule has 0 spiro atoms. The first-order valence-corrected chi connectivity index (χ1v) is 10.1. The summed E-state index contributed by atoms with van der Waals surface area (Å²) in [4.78, 5) is 4.22. The molecule has 0 aliphatic carbocycles. The van der Waals surface area contributed by atoms with Gasteiger partial charge in [-0.3, -0.25) is 4.99 Å². The van der Waals surface area contributed by atoms with Gasteiger partial charge in [-0.15, -0.1) is 0 Å². The van der Waals surface area contributed by atoms with E-state index in [1.807, 2.05) is 42.5 Å². The molecule has 0 saturated carbocycles. The first kappa shape index (κ1) is 19.9. The van der Waals surface area contributed by atoms with Crippen LogP contribution in [-0.4, -0.2) is 35.0 Å². The van der Waals surface area contributed by atoms with Crippen LogP contribution >= 0.6 is 0 Å². The molecule has 0 aromatic heterocycles. The van der Waals surface area contributed by atoms with Crippen LogP contribution in [0.3, 0.4) is 0 Å². The standard InChI is InChI=1S/C19H26N4O2S/c1-20-19(22-13-12-16-6-4-3-5-7-16)23-14-17-8-10-18(11-9-17)15-26(24,25)21-2/h3-11,21H,12-15H2,1-2H3,(H2,20,22,23). The van der Waals surface area contributed by atoms with Crippen molar-refractivity contribution in [2.24, 2.45) is 4.99 Å². The lowest BCUT2D eigenvalue weighted by atomic mass is 10.1. The lowest BCUT2D eigenvalue weighted by molar-refractivity contribution is 0.587. The Morgan fingerprint density at radius 2 is 1.58 bits per heavy atom. The van der Waals surface area contributed by atoms with Gasteiger partial charge in [-0.2, -0.15) is 0 Å². The second kappa shape index (κ2) is 9.94. The molecule has 2 rings (SSSR count). The number of benzene rings is 2. The summed E-state index contributed by atoms with van der Waals surface area (Å²) < 4.78 is 25.4. The molecule has 140 valence electrons. The fourth-order valence-corrected chi connectivity index (χ4v) is 3.20. The third-order valence-electron chi connectivity index (χ3n) is 3.92. The maximum atomic E-state index is 11.6. The van der Waals surface area contributed by atoms with Gasteiger partial charge in [-0.1, -0.05) is 54.6 Å². The summed E-state index contributed by atoms with van der Waals surface area (Å²) in [6.45, 7) is 1.41. The summed E-state index contributed by atoms with van der Waals surface area (Å²) in [7, 11) is -0.0827. The minimum absolute atomic E-state index is 0.0140. The number of hydrogen-bond acceptors (Lipinski definition) is 3. The smallest absolute Gasteiger partial charge is 0.215 e. The van der Waals surface area contributed by atoms with Crippen molar-refractivity contribution in [3.05, 3.63) is 71.3 Å². The Balaban J connectivity index is 1.79. The number of hydrogen-bond donors (Lipinski definition) is 3. The number of nitrogens with one attached hydrogen (secondary N) is 3. The second-order valence-corrected chi connectivity index (χ2v) is 7.79. The quantitative estimate of drug-likeness (QED) is 0.485. The van der Waals surface area contributed by atoms with Gasteiger partial charge in [0.2, 0.25) is 10.0 Å². The molecule has 0 bridgehead atoms. The molecule has 3 N–H and O–H groups in total. The van der Waals surface area contributed by atoms with Gasteiger partial charge in [0.1, 0.15) is 0 Å². The SMILES string of the molecule is CN=C(NCCc1ccccc1)NCc1ccc(CS(=O)(=O)NC)cc1. The van der Waals surface area contributed by atoms with Crippen LogP contribution in [-0.2, 0) is 28.7 Å². The normalized spacial score (nSPS) is 12.0. The van der Waals surface area contributed by atoms with E-state index >= 15 is 0 Å². The molecule has 0 fully saturated rings. The molecule has 0 saturated heterocycles. The van der Waals surface area contributed by atoms with E-state index < -0.39 is 10.0 Å². The molecule has 0 amide bonds. The van der Waals surface area contributed by atoms with Crippen LogP contribution in [0.5, 0.6) is 0 Å². The van der Waals surface area contributed by atoms with E-state index in [1.165, 1.54) is 12.6 Å². The van der Waals surface area contributed by atoms with Gasteiger partial charge in [0.05, 0.1) is 5.75 Å². The molecule has 0 aliphatic rings. The number of nitrogens with zero attached hydrogens (tertiary/aromatic N) is 1. The molecular weight excluding hydrogens is 348 g/mol. The Hall–Kier alpha value is -2.38. The third-order valence-corrected chi connectivity index (χ3v) is 5.26. The molecule has 0 aliphatic heterocycles. The molecule has 0 heterocycles. The van der Waals surface area contributed by atoms with E-state index in [2.05, 4.69) is 32.5 Å². The highest BCUT2D eigenvalue weighted by Gasteiger charge is 2.08. The monoisotopic (exact) mass is 374 g/mol. The topological polar surface area (TPSA) is 82.6 Å². The fraction of sp³-hybridized carbons (Fsp3) is 0.316. The molecule has 0 radical (unpaired) electrons. The summed E-state index contributed by atoms with van der Waals surface area (Å²) in [5.74, 6) is 0.725. The summed E-state index contributed by atoms with van der Waals surface area (Å²) in [6.07, 6.45) is 0.927. The van der Waals surface area contributed by atoms with E-state index in [0.717, 1.165) is 30.1 Å². The highest BCUT2D eigenvalue weighted by molar-refractivity contribution is 7.88. The first-order valence-electron chi connectivity index (χ1n) is 8.50. The molecule has 2 aromatic rings. The fourth-order valence-electron chi connectivity index (χ4n) is 2.42. The van der Waals surface area contributed by atoms with Crippen LogP contribution in [0.2, 0.25) is 0 Å². The summed E-state index contributed by atoms with van der Waals surface area (Å²) in [5.41, 5.74) is 3.10. The van der Waals surface area contributed by atoms with Crippen LogP contribution < -0.4 is 15.4 Å². The van der Waals surface area contributed by atoms with Gasteiger partial charge < -0.3 is 10.6 Å². The van der Waals surface area contributed by atoms with Crippen molar-refractivity contribution in [3.63, 3.8) is 0 Å². The largest absolute Gasteiger partial charge is 0.356 e. The van der Waals surface area contributed by atoms with Crippen molar-refractivity contribution >= 4 is 16.0 Å². The zero-order valence-corrected chi connectivity index (χ0v) is 16.0. The van der Waals surface area contributed by atoms with Crippen molar-refractivity contribution < 1.29 is 8.42 Å². The minimum atomic E-state index is -3.24. The highest BCUT2D eigenvalue weighted by Crippen LogP contribution is 2.07. The first-order chi connectivity index (χ1) is 12.5. The van der Waals surface area contributed by atoms with Crippen molar-refractivity contribution in [2.45, 2.75) is 18.7 Å². The Bertz CT molecular complexity index is 803. The van der Waals surface area contributed by atoms with Gasteiger partial charge in [-0.25, -0.2) is 13.1 Å². The van der Waals surface area contributed by atoms with Crippen molar-refractivity contribution in [1.82, 2.24) is 15.4 Å². The van der Waals surface area contributed by atoms with E-state index in [9.17, 15) is 8.42 Å². The predicted octanol–water partition coefficient (Wildman–Crippen LogP) is 1.64. The molecule has 6 nitrogen and oxygen atoms in total. The Labute approximate surface area is 155 Å². The van der Waals surface area contributed by atoms with Gasteiger partial charge in [0, 0.05) is 20.1 Å². The molecule has 0 atom stereocenters. The number of sulfonamides is 1. The van der Waals surface area contributed by atoms with Gasteiger partial charge in [-0.05, 0) is 30.2 Å². The average Bonchev–Trinajstić information content (AvgIpc) is 2.66. The summed E-state index contributed by atoms with van der Waals surface area (Å²) in [5, 5.41) is 6.55. The van der Waals surface area contributed by atoms with Gasteiger partial charge >= 0.3 is 0 Å².